The molecule has 118 valence electrons. The Hall–Kier alpha value is -1.11. The lowest BCUT2D eigenvalue weighted by Gasteiger charge is -2.15. The van der Waals surface area contributed by atoms with Crippen molar-refractivity contribution in [3.8, 4) is 0 Å². The summed E-state index contributed by atoms with van der Waals surface area (Å²) >= 11 is 0. The summed E-state index contributed by atoms with van der Waals surface area (Å²) in [5.74, 6) is 0.391. The molecule has 1 fully saturated rings. The minimum absolute atomic E-state index is 0.297. The van der Waals surface area contributed by atoms with Crippen molar-refractivity contribution in [3.05, 3.63) is 23.3 Å². The number of rotatable bonds is 5. The number of likely N-dealkylation sites (tertiary alicyclic amines) is 1. The van der Waals surface area contributed by atoms with Gasteiger partial charge in [0.15, 0.2) is 0 Å². The predicted molar refractivity (Wildman–Crippen MR) is 85.7 cm³/mol. The molecule has 0 aliphatic carbocycles. The highest BCUT2D eigenvalue weighted by molar-refractivity contribution is 7.89. The second kappa shape index (κ2) is 6.34. The summed E-state index contributed by atoms with van der Waals surface area (Å²) in [7, 11) is -3.50. The summed E-state index contributed by atoms with van der Waals surface area (Å²) in [5, 5.41) is 0. The number of nitrogen functional groups attached to an aromatic ring is 1. The van der Waals surface area contributed by atoms with Crippen molar-refractivity contribution >= 4 is 15.7 Å². The number of hydrogen-bond acceptors (Lipinski definition) is 4. The quantitative estimate of drug-likeness (QED) is 0.808. The largest absolute Gasteiger partial charge is 0.399 e. The van der Waals surface area contributed by atoms with E-state index in [0.717, 1.165) is 37.2 Å². The molecule has 1 unspecified atom stereocenters. The fourth-order valence-electron chi connectivity index (χ4n) is 2.81. The number of sulfonamides is 1. The van der Waals surface area contributed by atoms with Gasteiger partial charge in [-0.2, -0.15) is 0 Å². The Morgan fingerprint density at radius 2 is 2.10 bits per heavy atom. The highest BCUT2D eigenvalue weighted by Gasteiger charge is 2.24. The second-order valence-corrected chi connectivity index (χ2v) is 7.60. The van der Waals surface area contributed by atoms with Crippen molar-refractivity contribution in [2.75, 3.05) is 31.9 Å². The maximum absolute atomic E-state index is 12.5. The highest BCUT2D eigenvalue weighted by Crippen LogP contribution is 2.23. The molecule has 6 heteroatoms. The van der Waals surface area contributed by atoms with Gasteiger partial charge in [0.2, 0.25) is 10.0 Å². The molecular formula is C15H25N3O2S. The number of anilines is 1. The van der Waals surface area contributed by atoms with E-state index >= 15 is 0 Å². The van der Waals surface area contributed by atoms with Gasteiger partial charge in [0.05, 0.1) is 4.90 Å². The zero-order valence-corrected chi connectivity index (χ0v) is 13.8. The Bertz CT molecular complexity index is 614. The van der Waals surface area contributed by atoms with E-state index in [1.165, 1.54) is 6.07 Å². The number of hydrogen-bond donors (Lipinski definition) is 2. The van der Waals surface area contributed by atoms with Gasteiger partial charge in [0, 0.05) is 18.8 Å². The van der Waals surface area contributed by atoms with Gasteiger partial charge in [0.25, 0.3) is 0 Å². The lowest BCUT2D eigenvalue weighted by Crippen LogP contribution is -2.31. The van der Waals surface area contributed by atoms with Crippen molar-refractivity contribution in [1.82, 2.24) is 9.62 Å². The second-order valence-electron chi connectivity index (χ2n) is 5.86. The maximum atomic E-state index is 12.5. The summed E-state index contributed by atoms with van der Waals surface area (Å²) < 4.78 is 27.7. The van der Waals surface area contributed by atoms with Crippen LogP contribution in [0, 0.1) is 19.8 Å². The molecule has 0 aromatic heterocycles. The van der Waals surface area contributed by atoms with Crippen LogP contribution in [0.25, 0.3) is 0 Å². The minimum atomic E-state index is -3.50. The van der Waals surface area contributed by atoms with Gasteiger partial charge in [-0.3, -0.25) is 0 Å². The maximum Gasteiger partial charge on any atom is 0.240 e. The topological polar surface area (TPSA) is 75.4 Å². The summed E-state index contributed by atoms with van der Waals surface area (Å²) in [6, 6.07) is 3.34. The molecule has 3 N–H and O–H groups in total. The van der Waals surface area contributed by atoms with Gasteiger partial charge in [-0.1, -0.05) is 6.92 Å². The van der Waals surface area contributed by atoms with Crippen molar-refractivity contribution < 1.29 is 8.42 Å². The van der Waals surface area contributed by atoms with Crippen LogP contribution in [0.3, 0.4) is 0 Å². The number of nitrogens with one attached hydrogen (secondary N) is 1. The van der Waals surface area contributed by atoms with Crippen molar-refractivity contribution in [2.45, 2.75) is 32.1 Å². The molecule has 1 aromatic carbocycles. The molecule has 5 nitrogen and oxygen atoms in total. The molecule has 2 rings (SSSR count). The first-order chi connectivity index (χ1) is 9.83. The van der Waals surface area contributed by atoms with Gasteiger partial charge < -0.3 is 10.6 Å². The third kappa shape index (κ3) is 3.75. The molecule has 1 aromatic rings. The fraction of sp³-hybridized carbons (Fsp3) is 0.600. The molecule has 0 spiro atoms. The fourth-order valence-corrected chi connectivity index (χ4v) is 4.27. The lowest BCUT2D eigenvalue weighted by molar-refractivity contribution is 0.342. The molecule has 0 amide bonds. The summed E-state index contributed by atoms with van der Waals surface area (Å²) in [6.07, 6.45) is 1.05. The van der Waals surface area contributed by atoms with Crippen LogP contribution in [-0.4, -0.2) is 39.5 Å². The smallest absolute Gasteiger partial charge is 0.240 e. The standard InChI is InChI=1S/C15H25N3O2S/c1-4-18-6-5-13(10-18)9-17-21(19,20)15-8-14(16)7-11(2)12(15)3/h7-8,13,17H,4-6,9-10,16H2,1-3H3. The van der Waals surface area contributed by atoms with E-state index in [1.54, 1.807) is 6.07 Å². The minimum Gasteiger partial charge on any atom is -0.399 e. The van der Waals surface area contributed by atoms with E-state index in [0.29, 0.717) is 23.0 Å². The van der Waals surface area contributed by atoms with E-state index in [-0.39, 0.29) is 0 Å². The number of nitrogens with two attached hydrogens (primary N) is 1. The summed E-state index contributed by atoms with van der Waals surface area (Å²) in [6.45, 7) is 9.36. The molecule has 1 atom stereocenters. The van der Waals surface area contributed by atoms with Crippen LogP contribution >= 0.6 is 0 Å². The molecule has 1 aliphatic heterocycles. The predicted octanol–water partition coefficient (Wildman–Crippen LogP) is 1.51. The van der Waals surface area contributed by atoms with E-state index in [1.807, 2.05) is 13.8 Å². The first-order valence-corrected chi connectivity index (χ1v) is 8.90. The molecule has 0 bridgehead atoms. The molecule has 0 saturated carbocycles. The highest BCUT2D eigenvalue weighted by atomic mass is 32.2. The number of benzene rings is 1. The SMILES string of the molecule is CCN1CCC(CNS(=O)(=O)c2cc(N)cc(C)c2C)C1. The molecule has 1 saturated heterocycles. The van der Waals surface area contributed by atoms with Gasteiger partial charge in [-0.05, 0) is 62.5 Å². The van der Waals surface area contributed by atoms with Crippen LogP contribution < -0.4 is 10.5 Å². The monoisotopic (exact) mass is 311 g/mol. The van der Waals surface area contributed by atoms with Crippen molar-refractivity contribution in [3.63, 3.8) is 0 Å². The zero-order valence-electron chi connectivity index (χ0n) is 13.0. The van der Waals surface area contributed by atoms with Crippen LogP contribution in [0.5, 0.6) is 0 Å². The van der Waals surface area contributed by atoms with Crippen molar-refractivity contribution in [2.24, 2.45) is 5.92 Å². The Labute approximate surface area is 127 Å². The first-order valence-electron chi connectivity index (χ1n) is 7.42. The molecule has 21 heavy (non-hydrogen) atoms. The molecule has 1 heterocycles. The first kappa shape index (κ1) is 16.3. The Balaban J connectivity index is 2.09. The molecule has 0 radical (unpaired) electrons. The average Bonchev–Trinajstić information content (AvgIpc) is 2.88. The molecule has 1 aliphatic rings. The van der Waals surface area contributed by atoms with E-state index in [9.17, 15) is 8.42 Å². The number of aryl methyl sites for hydroxylation is 1. The van der Waals surface area contributed by atoms with E-state index < -0.39 is 10.0 Å². The van der Waals surface area contributed by atoms with Gasteiger partial charge >= 0.3 is 0 Å². The normalized spacial score (nSPS) is 20.0. The Morgan fingerprint density at radius 3 is 2.71 bits per heavy atom. The van der Waals surface area contributed by atoms with Crippen LogP contribution in [0.15, 0.2) is 17.0 Å². The van der Waals surface area contributed by atoms with Gasteiger partial charge in [0.1, 0.15) is 0 Å². The van der Waals surface area contributed by atoms with Crippen LogP contribution in [0.1, 0.15) is 24.5 Å². The average molecular weight is 311 g/mol. The lowest BCUT2D eigenvalue weighted by atomic mass is 10.1. The third-order valence-corrected chi connectivity index (χ3v) is 5.86. The van der Waals surface area contributed by atoms with E-state index in [2.05, 4.69) is 16.5 Å². The zero-order chi connectivity index (χ0) is 15.6. The molecular weight excluding hydrogens is 286 g/mol. The number of nitrogens with zero attached hydrogens (tertiary/aromatic N) is 1. The third-order valence-electron chi connectivity index (χ3n) is 4.31. The van der Waals surface area contributed by atoms with Crippen molar-refractivity contribution in [1.29, 1.82) is 0 Å². The van der Waals surface area contributed by atoms with Crippen LogP contribution in [-0.2, 0) is 10.0 Å². The van der Waals surface area contributed by atoms with E-state index in [4.69, 9.17) is 5.73 Å². The Morgan fingerprint density at radius 1 is 1.38 bits per heavy atom. The van der Waals surface area contributed by atoms with Gasteiger partial charge in [-0.25, -0.2) is 13.1 Å². The summed E-state index contributed by atoms with van der Waals surface area (Å²) in [5.41, 5.74) is 7.92. The van der Waals surface area contributed by atoms with Gasteiger partial charge in [-0.15, -0.1) is 0 Å². The van der Waals surface area contributed by atoms with Crippen LogP contribution in [0.2, 0.25) is 0 Å². The Kier molecular flexibility index (Phi) is 4.91. The van der Waals surface area contributed by atoms with Crippen LogP contribution in [0.4, 0.5) is 5.69 Å². The summed E-state index contributed by atoms with van der Waals surface area (Å²) in [4.78, 5) is 2.64.